The lowest BCUT2D eigenvalue weighted by Crippen LogP contribution is -2.30. The van der Waals surface area contributed by atoms with Crippen LogP contribution in [0.5, 0.6) is 0 Å². The molecule has 3 heterocycles. The number of aliphatic hydroxyl groups excluding tert-OH is 1. The number of aryl methyl sites for hydroxylation is 1. The number of carbonyl (C=O) groups is 2. The second-order valence-corrected chi connectivity index (χ2v) is 8.26. The maximum absolute atomic E-state index is 13.5. The number of hydrogen-bond acceptors (Lipinski definition) is 5. The SMILES string of the molecule is Cc1ccc(C2C(C(=O)c3cc4cc(Cl)ccc4o3)=C(O)C(=O)N2c2cccc(Cl)c2)o1. The van der Waals surface area contributed by atoms with Gasteiger partial charge in [-0.3, -0.25) is 14.5 Å². The van der Waals surface area contributed by atoms with Gasteiger partial charge in [0.1, 0.15) is 23.1 Å². The highest BCUT2D eigenvalue weighted by Gasteiger charge is 2.47. The number of benzene rings is 2. The van der Waals surface area contributed by atoms with Crippen LogP contribution in [0.4, 0.5) is 5.69 Å². The van der Waals surface area contributed by atoms with Crippen LogP contribution in [0.15, 0.2) is 80.8 Å². The molecule has 6 nitrogen and oxygen atoms in total. The third-order valence-corrected chi connectivity index (χ3v) is 5.74. The average molecular weight is 468 g/mol. The number of furan rings is 2. The van der Waals surface area contributed by atoms with E-state index in [2.05, 4.69) is 0 Å². The fraction of sp³-hybridized carbons (Fsp3) is 0.0833. The first-order valence-corrected chi connectivity index (χ1v) is 10.4. The second kappa shape index (κ2) is 7.58. The Balaban J connectivity index is 1.66. The molecule has 1 aliphatic rings. The van der Waals surface area contributed by atoms with Gasteiger partial charge in [-0.25, -0.2) is 0 Å². The summed E-state index contributed by atoms with van der Waals surface area (Å²) >= 11 is 12.2. The van der Waals surface area contributed by atoms with E-state index in [0.29, 0.717) is 38.2 Å². The molecule has 0 bridgehead atoms. The molecule has 160 valence electrons. The Morgan fingerprint density at radius 3 is 2.50 bits per heavy atom. The van der Waals surface area contributed by atoms with E-state index in [1.165, 1.54) is 11.0 Å². The lowest BCUT2D eigenvalue weighted by atomic mass is 9.99. The summed E-state index contributed by atoms with van der Waals surface area (Å²) in [6.45, 7) is 1.75. The van der Waals surface area contributed by atoms with Crippen LogP contribution >= 0.6 is 23.2 Å². The van der Waals surface area contributed by atoms with Gasteiger partial charge in [0.05, 0.1) is 5.57 Å². The molecule has 0 saturated carbocycles. The first kappa shape index (κ1) is 20.4. The van der Waals surface area contributed by atoms with Crippen LogP contribution in [0.3, 0.4) is 0 Å². The van der Waals surface area contributed by atoms with E-state index >= 15 is 0 Å². The van der Waals surface area contributed by atoms with E-state index in [1.54, 1.807) is 61.5 Å². The molecule has 1 aliphatic heterocycles. The highest BCUT2D eigenvalue weighted by Crippen LogP contribution is 2.43. The van der Waals surface area contributed by atoms with Gasteiger partial charge in [-0.05, 0) is 61.5 Å². The largest absolute Gasteiger partial charge is 0.503 e. The number of Topliss-reactive ketones (excluding diaryl/α,β-unsaturated/α-hetero) is 1. The Hall–Kier alpha value is -3.48. The van der Waals surface area contributed by atoms with E-state index in [1.807, 2.05) is 0 Å². The zero-order chi connectivity index (χ0) is 22.6. The number of nitrogens with zero attached hydrogens (tertiary/aromatic N) is 1. The monoisotopic (exact) mass is 467 g/mol. The number of rotatable bonds is 4. The van der Waals surface area contributed by atoms with Crippen LogP contribution in [0, 0.1) is 6.92 Å². The number of ketones is 1. The van der Waals surface area contributed by atoms with E-state index < -0.39 is 23.5 Å². The van der Waals surface area contributed by atoms with Gasteiger partial charge in [0, 0.05) is 21.1 Å². The molecule has 32 heavy (non-hydrogen) atoms. The summed E-state index contributed by atoms with van der Waals surface area (Å²) < 4.78 is 11.5. The van der Waals surface area contributed by atoms with E-state index in [0.717, 1.165) is 0 Å². The molecule has 1 unspecified atom stereocenters. The molecule has 0 saturated heterocycles. The molecule has 1 atom stereocenters. The first-order chi connectivity index (χ1) is 15.3. The molecular formula is C24H15Cl2NO5. The van der Waals surface area contributed by atoms with Crippen LogP contribution in [0.25, 0.3) is 11.0 Å². The maximum Gasteiger partial charge on any atom is 0.294 e. The predicted molar refractivity (Wildman–Crippen MR) is 120 cm³/mol. The van der Waals surface area contributed by atoms with Crippen LogP contribution < -0.4 is 4.90 Å². The third kappa shape index (κ3) is 3.28. The van der Waals surface area contributed by atoms with E-state index in [-0.39, 0.29) is 11.3 Å². The highest BCUT2D eigenvalue weighted by molar-refractivity contribution is 6.31. The van der Waals surface area contributed by atoms with Crippen molar-refractivity contribution >= 4 is 51.5 Å². The predicted octanol–water partition coefficient (Wildman–Crippen LogP) is 6.42. The van der Waals surface area contributed by atoms with Gasteiger partial charge in [0.15, 0.2) is 11.5 Å². The minimum absolute atomic E-state index is 0.0298. The fourth-order valence-electron chi connectivity index (χ4n) is 3.86. The smallest absolute Gasteiger partial charge is 0.294 e. The zero-order valence-electron chi connectivity index (χ0n) is 16.6. The van der Waals surface area contributed by atoms with Crippen LogP contribution in [-0.4, -0.2) is 16.8 Å². The quantitative estimate of drug-likeness (QED) is 0.349. The summed E-state index contributed by atoms with van der Waals surface area (Å²) in [5, 5.41) is 12.3. The van der Waals surface area contributed by atoms with Gasteiger partial charge in [-0.2, -0.15) is 0 Å². The number of carbonyl (C=O) groups excluding carboxylic acids is 2. The normalized spacial score (nSPS) is 16.4. The van der Waals surface area contributed by atoms with Crippen molar-refractivity contribution in [2.24, 2.45) is 0 Å². The number of fused-ring (bicyclic) bond motifs is 1. The van der Waals surface area contributed by atoms with Gasteiger partial charge in [0.2, 0.25) is 5.78 Å². The summed E-state index contributed by atoms with van der Waals surface area (Å²) in [4.78, 5) is 27.9. The van der Waals surface area contributed by atoms with Crippen molar-refractivity contribution in [3.8, 4) is 0 Å². The summed E-state index contributed by atoms with van der Waals surface area (Å²) in [6.07, 6.45) is 0. The summed E-state index contributed by atoms with van der Waals surface area (Å²) in [5.74, 6) is -1.16. The molecule has 0 spiro atoms. The fourth-order valence-corrected chi connectivity index (χ4v) is 4.22. The Labute approximate surface area is 192 Å². The zero-order valence-corrected chi connectivity index (χ0v) is 18.1. The molecule has 2 aromatic carbocycles. The highest BCUT2D eigenvalue weighted by atomic mass is 35.5. The summed E-state index contributed by atoms with van der Waals surface area (Å²) in [7, 11) is 0. The van der Waals surface area contributed by atoms with Gasteiger partial charge < -0.3 is 13.9 Å². The Morgan fingerprint density at radius 2 is 1.78 bits per heavy atom. The van der Waals surface area contributed by atoms with Crippen LogP contribution in [0.1, 0.15) is 28.1 Å². The van der Waals surface area contributed by atoms with Crippen molar-refractivity contribution < 1.29 is 23.5 Å². The summed E-state index contributed by atoms with van der Waals surface area (Å²) in [6, 6.07) is 15.4. The van der Waals surface area contributed by atoms with E-state index in [9.17, 15) is 14.7 Å². The van der Waals surface area contributed by atoms with Crippen molar-refractivity contribution in [2.75, 3.05) is 4.90 Å². The molecule has 2 aromatic heterocycles. The molecular weight excluding hydrogens is 453 g/mol. The Kier molecular flexibility index (Phi) is 4.84. The van der Waals surface area contributed by atoms with Gasteiger partial charge >= 0.3 is 0 Å². The van der Waals surface area contributed by atoms with E-state index in [4.69, 9.17) is 32.0 Å². The standard InChI is InChI=1S/C24H15Cl2NO5/c1-12-5-7-18(31-12)21-20(22(28)19-10-13-9-15(26)6-8-17(13)32-19)23(29)24(30)27(21)16-4-2-3-14(25)11-16/h2-11,21,29H,1H3. The molecule has 0 aliphatic carbocycles. The van der Waals surface area contributed by atoms with Gasteiger partial charge in [-0.15, -0.1) is 0 Å². The lowest BCUT2D eigenvalue weighted by molar-refractivity contribution is -0.117. The number of aliphatic hydroxyl groups is 1. The molecule has 1 N–H and O–H groups in total. The first-order valence-electron chi connectivity index (χ1n) is 9.66. The topological polar surface area (TPSA) is 83.9 Å². The van der Waals surface area contributed by atoms with Crippen molar-refractivity contribution in [3.05, 3.63) is 99.3 Å². The Morgan fingerprint density at radius 1 is 1.00 bits per heavy atom. The molecule has 0 fully saturated rings. The van der Waals surface area contributed by atoms with Crippen molar-refractivity contribution in [1.29, 1.82) is 0 Å². The number of anilines is 1. The third-order valence-electron chi connectivity index (χ3n) is 5.27. The number of halogens is 2. The Bertz CT molecular complexity index is 1430. The molecule has 4 aromatic rings. The number of amides is 1. The number of hydrogen-bond donors (Lipinski definition) is 1. The summed E-state index contributed by atoms with van der Waals surface area (Å²) in [5.41, 5.74) is 0.723. The van der Waals surface area contributed by atoms with Gasteiger partial charge in [0.25, 0.3) is 5.91 Å². The van der Waals surface area contributed by atoms with Crippen LogP contribution in [0.2, 0.25) is 10.0 Å². The minimum atomic E-state index is -1.00. The van der Waals surface area contributed by atoms with Crippen molar-refractivity contribution in [2.45, 2.75) is 13.0 Å². The minimum Gasteiger partial charge on any atom is -0.503 e. The molecule has 8 heteroatoms. The van der Waals surface area contributed by atoms with Crippen molar-refractivity contribution in [3.63, 3.8) is 0 Å². The second-order valence-electron chi connectivity index (χ2n) is 7.39. The maximum atomic E-state index is 13.5. The molecule has 5 rings (SSSR count). The van der Waals surface area contributed by atoms with Crippen molar-refractivity contribution in [1.82, 2.24) is 0 Å². The average Bonchev–Trinajstić information content (AvgIpc) is 3.44. The lowest BCUT2D eigenvalue weighted by Gasteiger charge is -2.25. The van der Waals surface area contributed by atoms with Crippen LogP contribution in [-0.2, 0) is 4.79 Å². The molecule has 0 radical (unpaired) electrons. The van der Waals surface area contributed by atoms with Gasteiger partial charge in [-0.1, -0.05) is 29.3 Å². The molecule has 1 amide bonds.